The summed E-state index contributed by atoms with van der Waals surface area (Å²) < 4.78 is 102. The van der Waals surface area contributed by atoms with Crippen LogP contribution >= 0.6 is 11.6 Å². The Morgan fingerprint density at radius 1 is 1.11 bits per heavy atom. The minimum Gasteiger partial charge on any atom is -0.484 e. The van der Waals surface area contributed by atoms with Crippen molar-refractivity contribution >= 4 is 21.6 Å². The van der Waals surface area contributed by atoms with E-state index in [1.807, 2.05) is 0 Å². The smallest absolute Gasteiger partial charge is 0.447 e. The van der Waals surface area contributed by atoms with Gasteiger partial charge in [0.25, 0.3) is 10.0 Å². The van der Waals surface area contributed by atoms with Crippen molar-refractivity contribution < 1.29 is 39.0 Å². The SMILES string of the molecule is Cc1cc(C2CC2)c(O[C@@H]2CCC[N+]([C@@H](c3ccc(F)cc3Cl)C(F)(F)F)(S(C)(=O)=O)C2)cc1F. The van der Waals surface area contributed by atoms with Crippen LogP contribution in [0.1, 0.15) is 54.3 Å². The summed E-state index contributed by atoms with van der Waals surface area (Å²) >= 11 is 6.00. The van der Waals surface area contributed by atoms with E-state index in [1.165, 1.54) is 6.07 Å². The highest BCUT2D eigenvalue weighted by molar-refractivity contribution is 7.85. The van der Waals surface area contributed by atoms with Gasteiger partial charge < -0.3 is 4.74 Å². The molecule has 1 unspecified atom stereocenters. The standard InChI is InChI=1S/C24H26ClF5NO3S/c1-14-10-19(15-5-6-15)22(12-21(14)27)34-17-4-3-9-31(13-17,35(2,32)33)23(24(28,29)30)18-8-7-16(26)11-20(18)25/h7-8,10-12,15,17,23H,3-6,9,13H2,1-2H3/q+1/t17-,23+,31?/m1/s1. The van der Waals surface area contributed by atoms with Gasteiger partial charge in [0.1, 0.15) is 30.0 Å². The Labute approximate surface area is 206 Å². The number of piperidine rings is 1. The fourth-order valence-corrected chi connectivity index (χ4v) is 6.82. The van der Waals surface area contributed by atoms with E-state index in [4.69, 9.17) is 16.3 Å². The lowest BCUT2D eigenvalue weighted by Gasteiger charge is -2.47. The summed E-state index contributed by atoms with van der Waals surface area (Å²) in [6, 6.07) is 2.81. The summed E-state index contributed by atoms with van der Waals surface area (Å²) in [7, 11) is -4.39. The molecule has 0 amide bonds. The fourth-order valence-electron chi connectivity index (χ4n) is 5.04. The number of hydrogen-bond donors (Lipinski definition) is 0. The van der Waals surface area contributed by atoms with E-state index in [9.17, 15) is 30.4 Å². The Hall–Kier alpha value is -1.91. The first-order chi connectivity index (χ1) is 16.2. The predicted octanol–water partition coefficient (Wildman–Crippen LogP) is 6.43. The van der Waals surface area contributed by atoms with Gasteiger partial charge in [-0.3, -0.25) is 0 Å². The minimum absolute atomic E-state index is 0.121. The summed E-state index contributed by atoms with van der Waals surface area (Å²) in [5, 5.41) is -0.506. The molecule has 1 heterocycles. The molecule has 1 saturated heterocycles. The number of ether oxygens (including phenoxy) is 1. The van der Waals surface area contributed by atoms with E-state index in [1.54, 1.807) is 13.0 Å². The lowest BCUT2D eigenvalue weighted by atomic mass is 9.99. The van der Waals surface area contributed by atoms with Crippen LogP contribution in [0.5, 0.6) is 5.75 Å². The molecule has 2 fully saturated rings. The number of quaternary nitrogens is 1. The van der Waals surface area contributed by atoms with Crippen LogP contribution in [0.3, 0.4) is 0 Å². The fraction of sp³-hybridized carbons (Fsp3) is 0.500. The monoisotopic (exact) mass is 538 g/mol. The van der Waals surface area contributed by atoms with Crippen LogP contribution in [-0.4, -0.2) is 43.9 Å². The van der Waals surface area contributed by atoms with E-state index < -0.39 is 61.0 Å². The van der Waals surface area contributed by atoms with Crippen LogP contribution in [0, 0.1) is 18.6 Å². The van der Waals surface area contributed by atoms with E-state index in [-0.39, 0.29) is 24.6 Å². The lowest BCUT2D eigenvalue weighted by molar-refractivity contribution is -0.862. The molecular weight excluding hydrogens is 513 g/mol. The van der Waals surface area contributed by atoms with E-state index in [2.05, 4.69) is 0 Å². The predicted molar refractivity (Wildman–Crippen MR) is 122 cm³/mol. The molecular formula is C24H26ClF5NO3S+. The van der Waals surface area contributed by atoms with Crippen molar-refractivity contribution in [1.82, 2.24) is 0 Å². The summed E-state index contributed by atoms with van der Waals surface area (Å²) in [4.78, 5) is 0. The van der Waals surface area contributed by atoms with Crippen molar-refractivity contribution in [3.05, 3.63) is 63.7 Å². The Bertz CT molecular complexity index is 1230. The molecule has 0 spiro atoms. The molecule has 0 radical (unpaired) electrons. The zero-order valence-electron chi connectivity index (χ0n) is 19.2. The number of halogens is 6. The van der Waals surface area contributed by atoms with E-state index in [0.29, 0.717) is 12.0 Å². The highest BCUT2D eigenvalue weighted by Crippen LogP contribution is 2.49. The second-order valence-corrected chi connectivity index (χ2v) is 12.1. The lowest BCUT2D eigenvalue weighted by Crippen LogP contribution is -2.64. The first-order valence-electron chi connectivity index (χ1n) is 11.3. The third-order valence-corrected chi connectivity index (χ3v) is 9.07. The second kappa shape index (κ2) is 9.19. The van der Waals surface area contributed by atoms with Crippen LogP contribution in [-0.2, 0) is 10.0 Å². The third-order valence-electron chi connectivity index (χ3n) is 6.88. The van der Waals surface area contributed by atoms with Crippen molar-refractivity contribution in [2.45, 2.75) is 56.8 Å². The topological polar surface area (TPSA) is 43.4 Å². The molecule has 0 bridgehead atoms. The summed E-state index contributed by atoms with van der Waals surface area (Å²) in [6.07, 6.45) is -2.95. The van der Waals surface area contributed by atoms with Crippen molar-refractivity contribution in [3.63, 3.8) is 0 Å². The van der Waals surface area contributed by atoms with Crippen molar-refractivity contribution in [2.75, 3.05) is 19.3 Å². The Balaban J connectivity index is 1.77. The number of nitrogens with zero attached hydrogens (tertiary/aromatic N) is 1. The number of rotatable bonds is 6. The minimum atomic E-state index is -5.01. The van der Waals surface area contributed by atoms with Crippen molar-refractivity contribution in [2.24, 2.45) is 0 Å². The molecule has 1 aliphatic heterocycles. The maximum absolute atomic E-state index is 14.6. The molecule has 3 atom stereocenters. The van der Waals surface area contributed by atoms with Gasteiger partial charge >= 0.3 is 6.18 Å². The summed E-state index contributed by atoms with van der Waals surface area (Å²) in [5.41, 5.74) is 0.694. The van der Waals surface area contributed by atoms with Crippen molar-refractivity contribution in [1.29, 1.82) is 0 Å². The number of benzene rings is 2. The average Bonchev–Trinajstić information content (AvgIpc) is 3.56. The molecule has 0 N–H and O–H groups in total. The molecule has 192 valence electrons. The molecule has 11 heteroatoms. The highest BCUT2D eigenvalue weighted by atomic mass is 35.5. The van der Waals surface area contributed by atoms with Crippen molar-refractivity contribution in [3.8, 4) is 5.75 Å². The van der Waals surface area contributed by atoms with Gasteiger partial charge in [0, 0.05) is 18.1 Å². The second-order valence-electron chi connectivity index (χ2n) is 9.50. The van der Waals surface area contributed by atoms with Gasteiger partial charge in [-0.05, 0) is 67.5 Å². The Morgan fingerprint density at radius 2 is 1.80 bits per heavy atom. The molecule has 0 aromatic heterocycles. The van der Waals surface area contributed by atoms with Gasteiger partial charge in [-0.15, -0.1) is 0 Å². The number of hydrogen-bond acceptors (Lipinski definition) is 3. The average molecular weight is 539 g/mol. The maximum Gasteiger partial charge on any atom is 0.447 e. The van der Waals surface area contributed by atoms with Gasteiger partial charge in [0.15, 0.2) is 0 Å². The highest BCUT2D eigenvalue weighted by Gasteiger charge is 2.62. The van der Waals surface area contributed by atoms with Crippen LogP contribution in [0.4, 0.5) is 22.0 Å². The van der Waals surface area contributed by atoms with E-state index in [0.717, 1.165) is 42.9 Å². The maximum atomic E-state index is 14.6. The molecule has 4 nitrogen and oxygen atoms in total. The quantitative estimate of drug-likeness (QED) is 0.315. The zero-order chi connectivity index (χ0) is 25.8. The third kappa shape index (κ3) is 5.15. The Morgan fingerprint density at radius 3 is 2.37 bits per heavy atom. The van der Waals surface area contributed by atoms with Crippen LogP contribution in [0.15, 0.2) is 30.3 Å². The Kier molecular flexibility index (Phi) is 6.87. The van der Waals surface area contributed by atoms with Crippen LogP contribution in [0.2, 0.25) is 5.02 Å². The van der Waals surface area contributed by atoms with Gasteiger partial charge in [0.05, 0.1) is 17.8 Å². The molecule has 2 aromatic rings. The number of alkyl halides is 3. The van der Waals surface area contributed by atoms with Crippen LogP contribution in [0.25, 0.3) is 0 Å². The molecule has 35 heavy (non-hydrogen) atoms. The first-order valence-corrected chi connectivity index (χ1v) is 13.5. The summed E-state index contributed by atoms with van der Waals surface area (Å²) in [6.45, 7) is 0.780. The molecule has 2 aromatic carbocycles. The van der Waals surface area contributed by atoms with Gasteiger partial charge in [-0.1, -0.05) is 11.6 Å². The van der Waals surface area contributed by atoms with E-state index >= 15 is 0 Å². The largest absolute Gasteiger partial charge is 0.484 e. The van der Waals surface area contributed by atoms with Crippen LogP contribution < -0.4 is 4.74 Å². The number of aryl methyl sites for hydroxylation is 1. The first kappa shape index (κ1) is 26.2. The van der Waals surface area contributed by atoms with Gasteiger partial charge in [-0.25, -0.2) is 12.7 Å². The molecule has 2 aliphatic rings. The molecule has 1 aliphatic carbocycles. The molecule has 1 saturated carbocycles. The van der Waals surface area contributed by atoms with Gasteiger partial charge in [-0.2, -0.15) is 21.6 Å². The number of sulfonamides is 1. The van der Waals surface area contributed by atoms with Gasteiger partial charge in [0.2, 0.25) is 6.04 Å². The number of likely N-dealkylation sites (tertiary alicyclic amines) is 1. The molecule has 4 rings (SSSR count). The summed E-state index contributed by atoms with van der Waals surface area (Å²) in [5.74, 6) is -0.921. The normalized spacial score (nSPS) is 24.3. The zero-order valence-corrected chi connectivity index (χ0v) is 20.8.